The largest absolute Gasteiger partial charge is 0.366 e. The molecule has 3 N–H and O–H groups in total. The summed E-state index contributed by atoms with van der Waals surface area (Å²) in [5, 5.41) is 3.39. The van der Waals surface area contributed by atoms with Gasteiger partial charge in [0.15, 0.2) is 0 Å². The van der Waals surface area contributed by atoms with Crippen molar-refractivity contribution in [2.24, 2.45) is 5.73 Å². The molecule has 120 valence electrons. The van der Waals surface area contributed by atoms with Crippen LogP contribution in [0.2, 0.25) is 0 Å². The number of amides is 1. The molecule has 1 aromatic carbocycles. The van der Waals surface area contributed by atoms with E-state index in [1.54, 1.807) is 12.1 Å². The van der Waals surface area contributed by atoms with Crippen molar-refractivity contribution >= 4 is 11.9 Å². The number of carbonyl (C=O) groups excluding carboxylic acids is 1. The van der Waals surface area contributed by atoms with Crippen LogP contribution in [-0.2, 0) is 0 Å². The highest BCUT2D eigenvalue weighted by Gasteiger charge is 2.23. The zero-order chi connectivity index (χ0) is 16.4. The molecule has 1 saturated heterocycles. The predicted molar refractivity (Wildman–Crippen MR) is 90.5 cm³/mol. The average molecular weight is 311 g/mol. The second-order valence-electron chi connectivity index (χ2n) is 5.99. The van der Waals surface area contributed by atoms with Crippen molar-refractivity contribution in [1.82, 2.24) is 15.3 Å². The quantitative estimate of drug-likeness (QED) is 0.891. The standard InChI is InChI=1S/C17H21N5O/c1-22(2)17-20-10-14(15(21-17)13-7-8-19-9-13)11-3-5-12(6-4-11)16(18)23/h3-6,10,13,19H,7-9H2,1-2H3,(H2,18,23)/t13-/m0/s1. The lowest BCUT2D eigenvalue weighted by atomic mass is 9.95. The highest BCUT2D eigenvalue weighted by molar-refractivity contribution is 5.93. The molecule has 6 heteroatoms. The summed E-state index contributed by atoms with van der Waals surface area (Å²) in [6.07, 6.45) is 2.94. The van der Waals surface area contributed by atoms with Crippen LogP contribution >= 0.6 is 0 Å². The summed E-state index contributed by atoms with van der Waals surface area (Å²) in [5.41, 5.74) is 8.88. The van der Waals surface area contributed by atoms with E-state index in [0.717, 1.165) is 36.3 Å². The predicted octanol–water partition coefficient (Wildman–Crippen LogP) is 1.39. The Bertz CT molecular complexity index is 705. The molecular formula is C17H21N5O. The fraction of sp³-hybridized carbons (Fsp3) is 0.353. The number of hydrogen-bond donors (Lipinski definition) is 2. The Morgan fingerprint density at radius 2 is 2.04 bits per heavy atom. The second kappa shape index (κ2) is 6.34. The minimum Gasteiger partial charge on any atom is -0.366 e. The van der Waals surface area contributed by atoms with Crippen LogP contribution < -0.4 is 16.0 Å². The third-order valence-corrected chi connectivity index (χ3v) is 4.13. The van der Waals surface area contributed by atoms with Gasteiger partial charge >= 0.3 is 0 Å². The van der Waals surface area contributed by atoms with E-state index in [4.69, 9.17) is 10.7 Å². The Balaban J connectivity index is 2.04. The molecule has 0 unspecified atom stereocenters. The van der Waals surface area contributed by atoms with Crippen molar-refractivity contribution in [3.8, 4) is 11.1 Å². The molecule has 1 aliphatic heterocycles. The third kappa shape index (κ3) is 3.17. The van der Waals surface area contributed by atoms with Gasteiger partial charge in [-0.2, -0.15) is 0 Å². The van der Waals surface area contributed by atoms with Crippen LogP contribution in [0.4, 0.5) is 5.95 Å². The number of nitrogens with two attached hydrogens (primary N) is 1. The van der Waals surface area contributed by atoms with E-state index in [-0.39, 0.29) is 0 Å². The zero-order valence-electron chi connectivity index (χ0n) is 13.4. The van der Waals surface area contributed by atoms with Crippen molar-refractivity contribution in [2.45, 2.75) is 12.3 Å². The lowest BCUT2D eigenvalue weighted by Gasteiger charge is -2.18. The number of hydrogen-bond acceptors (Lipinski definition) is 5. The summed E-state index contributed by atoms with van der Waals surface area (Å²) in [4.78, 5) is 22.4. The number of aromatic nitrogens is 2. The van der Waals surface area contributed by atoms with E-state index in [0.29, 0.717) is 17.4 Å². The molecule has 23 heavy (non-hydrogen) atoms. The van der Waals surface area contributed by atoms with Gasteiger partial charge in [0.2, 0.25) is 11.9 Å². The summed E-state index contributed by atoms with van der Waals surface area (Å²) in [6, 6.07) is 7.29. The number of primary amides is 1. The maximum Gasteiger partial charge on any atom is 0.248 e. The summed E-state index contributed by atoms with van der Waals surface area (Å²) in [7, 11) is 3.88. The Hall–Kier alpha value is -2.47. The molecule has 2 aromatic rings. The van der Waals surface area contributed by atoms with Crippen molar-refractivity contribution in [2.75, 3.05) is 32.1 Å². The van der Waals surface area contributed by atoms with Gasteiger partial charge in [0, 0.05) is 43.9 Å². The van der Waals surface area contributed by atoms with Crippen LogP contribution in [-0.4, -0.2) is 43.1 Å². The van der Waals surface area contributed by atoms with Gasteiger partial charge in [0.1, 0.15) is 0 Å². The molecule has 0 saturated carbocycles. The normalized spacial score (nSPS) is 17.2. The number of nitrogens with one attached hydrogen (secondary N) is 1. The molecule has 2 heterocycles. The Labute approximate surface area is 135 Å². The van der Waals surface area contributed by atoms with Crippen molar-refractivity contribution in [1.29, 1.82) is 0 Å². The van der Waals surface area contributed by atoms with E-state index in [9.17, 15) is 4.79 Å². The first-order valence-corrected chi connectivity index (χ1v) is 7.71. The fourth-order valence-corrected chi connectivity index (χ4v) is 2.84. The van der Waals surface area contributed by atoms with Crippen LogP contribution in [0.3, 0.4) is 0 Å². The first kappa shape index (κ1) is 15.4. The molecular weight excluding hydrogens is 290 g/mol. The summed E-state index contributed by atoms with van der Waals surface area (Å²) >= 11 is 0. The monoisotopic (exact) mass is 311 g/mol. The van der Waals surface area contributed by atoms with Gasteiger partial charge in [-0.05, 0) is 30.7 Å². The van der Waals surface area contributed by atoms with Crippen molar-refractivity contribution < 1.29 is 4.79 Å². The van der Waals surface area contributed by atoms with E-state index < -0.39 is 5.91 Å². The molecule has 1 aromatic heterocycles. The Morgan fingerprint density at radius 3 is 2.61 bits per heavy atom. The third-order valence-electron chi connectivity index (χ3n) is 4.13. The Kier molecular flexibility index (Phi) is 4.25. The number of benzene rings is 1. The summed E-state index contributed by atoms with van der Waals surface area (Å²) in [6.45, 7) is 1.93. The Morgan fingerprint density at radius 1 is 1.30 bits per heavy atom. The highest BCUT2D eigenvalue weighted by Crippen LogP contribution is 2.31. The highest BCUT2D eigenvalue weighted by atomic mass is 16.1. The SMILES string of the molecule is CN(C)c1ncc(-c2ccc(C(N)=O)cc2)c([C@H]2CCNC2)n1. The van der Waals surface area contributed by atoms with Gasteiger partial charge in [-0.3, -0.25) is 4.79 Å². The number of rotatable bonds is 4. The molecule has 6 nitrogen and oxygen atoms in total. The van der Waals surface area contributed by atoms with Crippen LogP contribution in [0.5, 0.6) is 0 Å². The van der Waals surface area contributed by atoms with Gasteiger partial charge in [-0.15, -0.1) is 0 Å². The minimum absolute atomic E-state index is 0.377. The summed E-state index contributed by atoms with van der Waals surface area (Å²) < 4.78 is 0. The first-order chi connectivity index (χ1) is 11.1. The molecule has 1 atom stereocenters. The van der Waals surface area contributed by atoms with Crippen molar-refractivity contribution in [3.05, 3.63) is 41.7 Å². The van der Waals surface area contributed by atoms with E-state index in [2.05, 4.69) is 10.3 Å². The van der Waals surface area contributed by atoms with Crippen LogP contribution in [0.15, 0.2) is 30.5 Å². The smallest absolute Gasteiger partial charge is 0.248 e. The average Bonchev–Trinajstić information content (AvgIpc) is 3.08. The number of nitrogens with zero attached hydrogens (tertiary/aromatic N) is 3. The molecule has 1 aliphatic rings. The van der Waals surface area contributed by atoms with Gasteiger partial charge in [-0.25, -0.2) is 9.97 Å². The van der Waals surface area contributed by atoms with E-state index in [1.165, 1.54) is 0 Å². The van der Waals surface area contributed by atoms with Gasteiger partial charge in [0.25, 0.3) is 0 Å². The lowest BCUT2D eigenvalue weighted by Crippen LogP contribution is -2.16. The fourth-order valence-electron chi connectivity index (χ4n) is 2.84. The van der Waals surface area contributed by atoms with Gasteiger partial charge in [0.05, 0.1) is 5.69 Å². The molecule has 1 fully saturated rings. The molecule has 0 aliphatic carbocycles. The number of anilines is 1. The van der Waals surface area contributed by atoms with Crippen LogP contribution in [0.25, 0.3) is 11.1 Å². The topological polar surface area (TPSA) is 84.1 Å². The second-order valence-corrected chi connectivity index (χ2v) is 5.99. The van der Waals surface area contributed by atoms with Crippen molar-refractivity contribution in [3.63, 3.8) is 0 Å². The maximum atomic E-state index is 11.2. The van der Waals surface area contributed by atoms with Crippen LogP contribution in [0.1, 0.15) is 28.4 Å². The van der Waals surface area contributed by atoms with Gasteiger partial charge in [-0.1, -0.05) is 12.1 Å². The number of carbonyl (C=O) groups is 1. The van der Waals surface area contributed by atoms with E-state index >= 15 is 0 Å². The molecule has 1 amide bonds. The molecule has 0 radical (unpaired) electrons. The molecule has 0 bridgehead atoms. The van der Waals surface area contributed by atoms with E-state index in [1.807, 2.05) is 37.3 Å². The first-order valence-electron chi connectivity index (χ1n) is 7.71. The lowest BCUT2D eigenvalue weighted by molar-refractivity contribution is 0.100. The molecule has 3 rings (SSSR count). The summed E-state index contributed by atoms with van der Waals surface area (Å²) in [5.74, 6) is 0.669. The minimum atomic E-state index is -0.420. The van der Waals surface area contributed by atoms with Gasteiger partial charge < -0.3 is 16.0 Å². The zero-order valence-corrected chi connectivity index (χ0v) is 13.4. The molecule has 0 spiro atoms. The van der Waals surface area contributed by atoms with Crippen LogP contribution in [0, 0.1) is 0 Å². The maximum absolute atomic E-state index is 11.2.